The van der Waals surface area contributed by atoms with Crippen LogP contribution in [0.5, 0.6) is 0 Å². The van der Waals surface area contributed by atoms with Gasteiger partial charge in [0.05, 0.1) is 0 Å². The molecule has 0 aromatic rings. The van der Waals surface area contributed by atoms with Crippen LogP contribution in [-0.2, 0) is 0 Å². The summed E-state index contributed by atoms with van der Waals surface area (Å²) in [6, 6.07) is 0. The summed E-state index contributed by atoms with van der Waals surface area (Å²) in [6.07, 6.45) is 2.88. The van der Waals surface area contributed by atoms with Crippen molar-refractivity contribution in [2.75, 3.05) is 13.1 Å². The largest absolute Gasteiger partial charge is 0.316 e. The second kappa shape index (κ2) is 3.78. The molecule has 0 aromatic heterocycles. The minimum Gasteiger partial charge on any atom is -0.316 e. The molecule has 1 aliphatic rings. The van der Waals surface area contributed by atoms with E-state index < -0.39 is 0 Å². The maximum Gasteiger partial charge on any atom is 0.00104 e. The molecule has 1 fully saturated rings. The number of hydrogen-bond acceptors (Lipinski definition) is 1. The van der Waals surface area contributed by atoms with Crippen LogP contribution in [0.3, 0.4) is 0 Å². The van der Waals surface area contributed by atoms with Gasteiger partial charge in [-0.2, -0.15) is 0 Å². The minimum absolute atomic E-state index is 0.675. The quantitative estimate of drug-likeness (QED) is 0.667. The lowest BCUT2D eigenvalue weighted by Gasteiger charge is -2.20. The van der Waals surface area contributed by atoms with E-state index in [4.69, 9.17) is 0 Å². The Balaban J connectivity index is 2.14. The molecule has 72 valence electrons. The highest BCUT2D eigenvalue weighted by Gasteiger charge is 2.44. The predicted molar refractivity (Wildman–Crippen MR) is 54.2 cm³/mol. The zero-order valence-corrected chi connectivity index (χ0v) is 8.98. The molecule has 0 heterocycles. The Kier molecular flexibility index (Phi) is 3.16. The molecule has 0 bridgehead atoms. The zero-order chi connectivity index (χ0) is 9.19. The summed E-state index contributed by atoms with van der Waals surface area (Å²) in [5.41, 5.74) is 0.675. The highest BCUT2D eigenvalue weighted by molar-refractivity contribution is 4.96. The molecule has 1 nitrogen and oxygen atoms in total. The Morgan fingerprint density at radius 3 is 2.08 bits per heavy atom. The van der Waals surface area contributed by atoms with Gasteiger partial charge in [0.25, 0.3) is 0 Å². The van der Waals surface area contributed by atoms with Crippen LogP contribution in [0.2, 0.25) is 0 Å². The van der Waals surface area contributed by atoms with Crippen LogP contribution >= 0.6 is 0 Å². The van der Waals surface area contributed by atoms with E-state index in [-0.39, 0.29) is 0 Å². The van der Waals surface area contributed by atoms with E-state index >= 15 is 0 Å². The number of rotatable bonds is 5. The third-order valence-electron chi connectivity index (χ3n) is 3.15. The van der Waals surface area contributed by atoms with E-state index in [9.17, 15) is 0 Å². The van der Waals surface area contributed by atoms with Crippen molar-refractivity contribution in [1.82, 2.24) is 5.32 Å². The molecule has 1 aliphatic carbocycles. The Labute approximate surface area is 76.9 Å². The van der Waals surface area contributed by atoms with Crippen LogP contribution < -0.4 is 5.32 Å². The summed E-state index contributed by atoms with van der Waals surface area (Å²) >= 11 is 0. The van der Waals surface area contributed by atoms with E-state index in [0.717, 1.165) is 11.8 Å². The highest BCUT2D eigenvalue weighted by atomic mass is 14.9. The van der Waals surface area contributed by atoms with Crippen molar-refractivity contribution < 1.29 is 0 Å². The molecule has 1 heteroatoms. The normalized spacial score (nSPS) is 20.5. The maximum absolute atomic E-state index is 3.57. The third kappa shape index (κ3) is 2.48. The summed E-state index contributed by atoms with van der Waals surface area (Å²) in [5.74, 6) is 1.64. The standard InChI is InChI=1S/C11H23N/c1-9(2)7-12-8-11(5-6-11)10(3)4/h9-10,12H,5-8H2,1-4H3. The fourth-order valence-electron chi connectivity index (χ4n) is 1.73. The fourth-order valence-corrected chi connectivity index (χ4v) is 1.73. The molecule has 1 rings (SSSR count). The second-order valence-electron chi connectivity index (χ2n) is 5.04. The SMILES string of the molecule is CC(C)CNCC1(C(C)C)CC1. The van der Waals surface area contributed by atoms with Gasteiger partial charge in [-0.05, 0) is 36.6 Å². The summed E-state index contributed by atoms with van der Waals surface area (Å²) in [6.45, 7) is 11.6. The topological polar surface area (TPSA) is 12.0 Å². The molecule has 1 N–H and O–H groups in total. The summed E-state index contributed by atoms with van der Waals surface area (Å²) < 4.78 is 0. The van der Waals surface area contributed by atoms with Crippen molar-refractivity contribution in [2.24, 2.45) is 17.3 Å². The van der Waals surface area contributed by atoms with Crippen LogP contribution in [0.4, 0.5) is 0 Å². The average Bonchev–Trinajstić information content (AvgIpc) is 2.68. The van der Waals surface area contributed by atoms with E-state index in [0.29, 0.717) is 5.41 Å². The zero-order valence-electron chi connectivity index (χ0n) is 8.98. The Morgan fingerprint density at radius 2 is 1.75 bits per heavy atom. The first-order chi connectivity index (χ1) is 5.57. The van der Waals surface area contributed by atoms with Crippen LogP contribution in [0, 0.1) is 17.3 Å². The van der Waals surface area contributed by atoms with Gasteiger partial charge in [-0.15, -0.1) is 0 Å². The number of nitrogens with one attached hydrogen (secondary N) is 1. The van der Waals surface area contributed by atoms with Gasteiger partial charge in [-0.1, -0.05) is 27.7 Å². The second-order valence-corrected chi connectivity index (χ2v) is 5.04. The fraction of sp³-hybridized carbons (Fsp3) is 1.00. The molecule has 12 heavy (non-hydrogen) atoms. The number of hydrogen-bond donors (Lipinski definition) is 1. The lowest BCUT2D eigenvalue weighted by atomic mass is 9.92. The van der Waals surface area contributed by atoms with Crippen molar-refractivity contribution in [3.8, 4) is 0 Å². The van der Waals surface area contributed by atoms with E-state index in [1.165, 1.54) is 25.9 Å². The van der Waals surface area contributed by atoms with Crippen LogP contribution in [0.1, 0.15) is 40.5 Å². The Morgan fingerprint density at radius 1 is 1.17 bits per heavy atom. The van der Waals surface area contributed by atoms with E-state index in [2.05, 4.69) is 33.0 Å². The molecular weight excluding hydrogens is 146 g/mol. The average molecular weight is 169 g/mol. The first-order valence-electron chi connectivity index (χ1n) is 5.27. The van der Waals surface area contributed by atoms with Gasteiger partial charge in [-0.3, -0.25) is 0 Å². The molecule has 0 spiro atoms. The first-order valence-corrected chi connectivity index (χ1v) is 5.27. The van der Waals surface area contributed by atoms with Crippen LogP contribution in [0.15, 0.2) is 0 Å². The molecule has 0 aliphatic heterocycles. The van der Waals surface area contributed by atoms with Crippen LogP contribution in [-0.4, -0.2) is 13.1 Å². The van der Waals surface area contributed by atoms with E-state index in [1.807, 2.05) is 0 Å². The van der Waals surface area contributed by atoms with Gasteiger partial charge in [0, 0.05) is 6.54 Å². The van der Waals surface area contributed by atoms with Gasteiger partial charge in [0.15, 0.2) is 0 Å². The molecule has 0 saturated heterocycles. The molecule has 1 saturated carbocycles. The van der Waals surface area contributed by atoms with Crippen molar-refractivity contribution in [2.45, 2.75) is 40.5 Å². The van der Waals surface area contributed by atoms with Gasteiger partial charge in [0.1, 0.15) is 0 Å². The first kappa shape index (κ1) is 10.0. The molecule has 0 aromatic carbocycles. The molecule has 0 radical (unpaired) electrons. The van der Waals surface area contributed by atoms with Gasteiger partial charge in [-0.25, -0.2) is 0 Å². The summed E-state index contributed by atoms with van der Waals surface area (Å²) in [4.78, 5) is 0. The van der Waals surface area contributed by atoms with Gasteiger partial charge < -0.3 is 5.32 Å². The van der Waals surface area contributed by atoms with Gasteiger partial charge in [0.2, 0.25) is 0 Å². The Bertz CT molecular complexity index is 134. The van der Waals surface area contributed by atoms with Crippen molar-refractivity contribution in [3.63, 3.8) is 0 Å². The van der Waals surface area contributed by atoms with Crippen molar-refractivity contribution in [3.05, 3.63) is 0 Å². The lowest BCUT2D eigenvalue weighted by Crippen LogP contribution is -2.30. The summed E-state index contributed by atoms with van der Waals surface area (Å²) in [5, 5.41) is 3.57. The smallest absolute Gasteiger partial charge is 0.00104 e. The molecular formula is C11H23N. The van der Waals surface area contributed by atoms with Gasteiger partial charge >= 0.3 is 0 Å². The molecule has 0 atom stereocenters. The Hall–Kier alpha value is -0.0400. The van der Waals surface area contributed by atoms with Crippen LogP contribution in [0.25, 0.3) is 0 Å². The minimum atomic E-state index is 0.675. The maximum atomic E-state index is 3.57. The highest BCUT2D eigenvalue weighted by Crippen LogP contribution is 2.51. The summed E-state index contributed by atoms with van der Waals surface area (Å²) in [7, 11) is 0. The van der Waals surface area contributed by atoms with Crippen molar-refractivity contribution >= 4 is 0 Å². The molecule has 0 amide bonds. The monoisotopic (exact) mass is 169 g/mol. The predicted octanol–water partition coefficient (Wildman–Crippen LogP) is 2.67. The van der Waals surface area contributed by atoms with Crippen molar-refractivity contribution in [1.29, 1.82) is 0 Å². The molecule has 0 unspecified atom stereocenters. The lowest BCUT2D eigenvalue weighted by molar-refractivity contribution is 0.331. The third-order valence-corrected chi connectivity index (χ3v) is 3.15. The van der Waals surface area contributed by atoms with E-state index in [1.54, 1.807) is 0 Å².